The predicted octanol–water partition coefficient (Wildman–Crippen LogP) is 3.05. The quantitative estimate of drug-likeness (QED) is 0.771. The van der Waals surface area contributed by atoms with Crippen molar-refractivity contribution in [3.63, 3.8) is 0 Å². The van der Waals surface area contributed by atoms with Gasteiger partial charge in [-0.05, 0) is 50.5 Å². The number of amides is 1. The molecule has 1 fully saturated rings. The molecule has 1 aromatic carbocycles. The van der Waals surface area contributed by atoms with Crippen LogP contribution in [0.25, 0.3) is 10.2 Å². The lowest BCUT2D eigenvalue weighted by atomic mass is 10.1. The first-order valence-corrected chi connectivity index (χ1v) is 9.75. The molecule has 0 unspecified atom stereocenters. The van der Waals surface area contributed by atoms with Crippen molar-refractivity contribution in [3.8, 4) is 0 Å². The molecule has 26 heavy (non-hydrogen) atoms. The molecule has 0 atom stereocenters. The molecule has 0 saturated carbocycles. The van der Waals surface area contributed by atoms with Gasteiger partial charge >= 0.3 is 0 Å². The molecule has 1 aliphatic heterocycles. The third-order valence-corrected chi connectivity index (χ3v) is 5.95. The smallest absolute Gasteiger partial charge is 0.269 e. The normalized spacial score (nSPS) is 15.6. The summed E-state index contributed by atoms with van der Waals surface area (Å²) in [6.45, 7) is 5.83. The van der Waals surface area contributed by atoms with E-state index in [1.807, 2.05) is 13.0 Å². The molecular weight excluding hydrogens is 346 g/mol. The Hall–Kier alpha value is -2.41. The number of anilines is 1. The number of nitrogens with one attached hydrogen (secondary N) is 1. The fourth-order valence-electron chi connectivity index (χ4n) is 3.45. The molecule has 1 amide bonds. The second-order valence-electron chi connectivity index (χ2n) is 7.00. The first-order valence-electron chi connectivity index (χ1n) is 8.93. The van der Waals surface area contributed by atoms with Gasteiger partial charge in [-0.3, -0.25) is 9.48 Å². The molecule has 0 aliphatic carbocycles. The highest BCUT2D eigenvalue weighted by Gasteiger charge is 2.24. The number of aryl methyl sites for hydroxylation is 3. The van der Waals surface area contributed by atoms with Crippen LogP contribution in [0.15, 0.2) is 24.3 Å². The van der Waals surface area contributed by atoms with E-state index in [0.29, 0.717) is 5.69 Å². The van der Waals surface area contributed by atoms with Gasteiger partial charge in [-0.2, -0.15) is 5.10 Å². The molecular formula is C19H23N5OS. The number of hydrogen-bond acceptors (Lipinski definition) is 5. The van der Waals surface area contributed by atoms with Gasteiger partial charge in [0.15, 0.2) is 5.13 Å². The molecule has 6 nitrogen and oxygen atoms in total. The fraction of sp³-hybridized carbons (Fsp3) is 0.421. The molecule has 136 valence electrons. The standard InChI is InChI=1S/C19H23N5OS/c1-12-4-5-15-17(10-12)26-19(21-15)24-8-6-14(7-9-24)20-18(25)16-11-13(2)22-23(16)3/h4-5,10-11,14H,6-9H2,1-3H3,(H,20,25). The van der Waals surface area contributed by atoms with E-state index in [2.05, 4.69) is 40.4 Å². The van der Waals surface area contributed by atoms with Gasteiger partial charge in [0.05, 0.1) is 15.9 Å². The number of carbonyl (C=O) groups excluding carboxylic acids is 1. The van der Waals surface area contributed by atoms with Crippen LogP contribution in [0.3, 0.4) is 0 Å². The van der Waals surface area contributed by atoms with Crippen LogP contribution in [0.4, 0.5) is 5.13 Å². The van der Waals surface area contributed by atoms with Crippen LogP contribution in [0, 0.1) is 13.8 Å². The highest BCUT2D eigenvalue weighted by molar-refractivity contribution is 7.22. The summed E-state index contributed by atoms with van der Waals surface area (Å²) >= 11 is 1.75. The van der Waals surface area contributed by atoms with Crippen molar-refractivity contribution in [1.82, 2.24) is 20.1 Å². The SMILES string of the molecule is Cc1ccc2nc(N3CCC(NC(=O)c4cc(C)nn4C)CC3)sc2c1. The summed E-state index contributed by atoms with van der Waals surface area (Å²) in [5, 5.41) is 8.48. The second kappa shape index (κ2) is 6.72. The number of rotatable bonds is 3. The maximum absolute atomic E-state index is 12.5. The van der Waals surface area contributed by atoms with Gasteiger partial charge in [0.1, 0.15) is 5.69 Å². The van der Waals surface area contributed by atoms with Gasteiger partial charge < -0.3 is 10.2 Å². The first-order chi connectivity index (χ1) is 12.5. The summed E-state index contributed by atoms with van der Waals surface area (Å²) in [5.74, 6) is -0.0398. The van der Waals surface area contributed by atoms with E-state index < -0.39 is 0 Å². The number of hydrogen-bond donors (Lipinski definition) is 1. The van der Waals surface area contributed by atoms with E-state index in [4.69, 9.17) is 4.98 Å². The minimum absolute atomic E-state index is 0.0398. The summed E-state index contributed by atoms with van der Waals surface area (Å²) in [6, 6.07) is 8.42. The Morgan fingerprint density at radius 1 is 1.23 bits per heavy atom. The van der Waals surface area contributed by atoms with Crippen molar-refractivity contribution in [3.05, 3.63) is 41.2 Å². The molecule has 0 spiro atoms. The molecule has 1 saturated heterocycles. The number of carbonyl (C=O) groups is 1. The molecule has 1 aliphatic rings. The Bertz CT molecular complexity index is 952. The zero-order valence-electron chi connectivity index (χ0n) is 15.3. The van der Waals surface area contributed by atoms with Crippen molar-refractivity contribution in [2.24, 2.45) is 7.05 Å². The highest BCUT2D eigenvalue weighted by atomic mass is 32.1. The summed E-state index contributed by atoms with van der Waals surface area (Å²) < 4.78 is 2.88. The third-order valence-electron chi connectivity index (χ3n) is 4.87. The number of nitrogens with zero attached hydrogens (tertiary/aromatic N) is 4. The summed E-state index contributed by atoms with van der Waals surface area (Å²) in [7, 11) is 1.80. The van der Waals surface area contributed by atoms with Crippen LogP contribution in [-0.2, 0) is 7.05 Å². The van der Waals surface area contributed by atoms with Gasteiger partial charge in [-0.1, -0.05) is 17.4 Å². The van der Waals surface area contributed by atoms with Gasteiger partial charge in [-0.15, -0.1) is 0 Å². The average Bonchev–Trinajstić information content (AvgIpc) is 3.17. The molecule has 4 rings (SSSR count). The fourth-order valence-corrected chi connectivity index (χ4v) is 4.57. The molecule has 0 radical (unpaired) electrons. The van der Waals surface area contributed by atoms with Crippen molar-refractivity contribution in [2.45, 2.75) is 32.7 Å². The summed E-state index contributed by atoms with van der Waals surface area (Å²) in [4.78, 5) is 19.6. The topological polar surface area (TPSA) is 63.1 Å². The zero-order chi connectivity index (χ0) is 18.3. The second-order valence-corrected chi connectivity index (χ2v) is 8.01. The summed E-state index contributed by atoms with van der Waals surface area (Å²) in [6.07, 6.45) is 1.86. The van der Waals surface area contributed by atoms with Crippen LogP contribution in [0.1, 0.15) is 34.6 Å². The molecule has 2 aromatic heterocycles. The number of benzene rings is 1. The summed E-state index contributed by atoms with van der Waals surface area (Å²) in [5.41, 5.74) is 3.81. The lowest BCUT2D eigenvalue weighted by Crippen LogP contribution is -2.45. The van der Waals surface area contributed by atoms with E-state index in [1.165, 1.54) is 10.3 Å². The average molecular weight is 369 g/mol. The van der Waals surface area contributed by atoms with Crippen molar-refractivity contribution in [1.29, 1.82) is 0 Å². The number of piperidine rings is 1. The monoisotopic (exact) mass is 369 g/mol. The maximum Gasteiger partial charge on any atom is 0.269 e. The Kier molecular flexibility index (Phi) is 4.40. The number of fused-ring (bicyclic) bond motifs is 1. The Balaban J connectivity index is 1.39. The van der Waals surface area contributed by atoms with E-state index >= 15 is 0 Å². The Labute approximate surface area is 156 Å². The van der Waals surface area contributed by atoms with Gasteiger partial charge in [-0.25, -0.2) is 4.98 Å². The molecule has 3 heterocycles. The van der Waals surface area contributed by atoms with Crippen LogP contribution in [0.2, 0.25) is 0 Å². The van der Waals surface area contributed by atoms with Crippen LogP contribution in [0.5, 0.6) is 0 Å². The third kappa shape index (κ3) is 3.31. The van der Waals surface area contributed by atoms with Gasteiger partial charge in [0.25, 0.3) is 5.91 Å². The number of aromatic nitrogens is 3. The largest absolute Gasteiger partial charge is 0.348 e. The maximum atomic E-state index is 12.5. The van der Waals surface area contributed by atoms with Crippen LogP contribution < -0.4 is 10.2 Å². The molecule has 7 heteroatoms. The minimum atomic E-state index is -0.0398. The van der Waals surface area contributed by atoms with E-state index in [1.54, 1.807) is 23.1 Å². The van der Waals surface area contributed by atoms with E-state index in [9.17, 15) is 4.79 Å². The predicted molar refractivity (Wildman–Crippen MR) is 105 cm³/mol. The lowest BCUT2D eigenvalue weighted by molar-refractivity contribution is 0.0921. The van der Waals surface area contributed by atoms with Crippen LogP contribution in [-0.4, -0.2) is 39.8 Å². The Morgan fingerprint density at radius 3 is 2.69 bits per heavy atom. The van der Waals surface area contributed by atoms with E-state index in [0.717, 1.165) is 42.3 Å². The molecule has 0 bridgehead atoms. The van der Waals surface area contributed by atoms with Gasteiger partial charge in [0, 0.05) is 26.2 Å². The Morgan fingerprint density at radius 2 is 2.00 bits per heavy atom. The highest BCUT2D eigenvalue weighted by Crippen LogP contribution is 2.31. The first kappa shape index (κ1) is 17.0. The number of thiazole rings is 1. The zero-order valence-corrected chi connectivity index (χ0v) is 16.1. The molecule has 1 N–H and O–H groups in total. The van der Waals surface area contributed by atoms with Gasteiger partial charge in [0.2, 0.25) is 0 Å². The van der Waals surface area contributed by atoms with Crippen molar-refractivity contribution in [2.75, 3.05) is 18.0 Å². The van der Waals surface area contributed by atoms with Crippen molar-refractivity contribution >= 4 is 32.6 Å². The van der Waals surface area contributed by atoms with Crippen molar-refractivity contribution < 1.29 is 4.79 Å². The van der Waals surface area contributed by atoms with E-state index in [-0.39, 0.29) is 11.9 Å². The molecule has 3 aromatic rings. The minimum Gasteiger partial charge on any atom is -0.348 e. The lowest BCUT2D eigenvalue weighted by Gasteiger charge is -2.32. The van der Waals surface area contributed by atoms with Crippen LogP contribution >= 0.6 is 11.3 Å².